The summed E-state index contributed by atoms with van der Waals surface area (Å²) in [5.74, 6) is -0.494. The normalized spacial score (nSPS) is 15.1. The fourth-order valence-electron chi connectivity index (χ4n) is 1.09. The Morgan fingerprint density at radius 2 is 1.73 bits per heavy atom. The molecule has 15 heavy (non-hydrogen) atoms. The average Bonchev–Trinajstić information content (AvgIpc) is 1.98. The number of halogens is 1. The van der Waals surface area contributed by atoms with E-state index in [9.17, 15) is 15.0 Å². The third-order valence-corrected chi connectivity index (χ3v) is 1.79. The van der Waals surface area contributed by atoms with E-state index >= 15 is 0 Å². The maximum absolute atomic E-state index is 11.3. The average molecular weight is 238 g/mol. The van der Waals surface area contributed by atoms with Crippen molar-refractivity contribution in [3.63, 3.8) is 0 Å². The molecular weight excluding hydrogens is 218 g/mol. The minimum Gasteiger partial charge on any atom is -1.00 e. The number of hydrogen-bond acceptors (Lipinski definition) is 3. The standard InChI is InChI=1S/C10H20NO3.ClH/c1-7(2)9(13)10(14)8(12)6-11(3,4)5;/h8,10,12,14H,1,6H2,2-5H3;1H/q+1;/p-1. The second kappa shape index (κ2) is 6.23. The number of rotatable bonds is 5. The number of aliphatic hydroxyl groups excluding tert-OH is 2. The van der Waals surface area contributed by atoms with Crippen molar-refractivity contribution >= 4 is 5.78 Å². The number of carbonyl (C=O) groups excluding carboxylic acids is 1. The smallest absolute Gasteiger partial charge is 0.189 e. The van der Waals surface area contributed by atoms with Crippen LogP contribution in [0.15, 0.2) is 12.2 Å². The molecule has 5 heteroatoms. The van der Waals surface area contributed by atoms with Gasteiger partial charge < -0.3 is 27.1 Å². The molecule has 0 spiro atoms. The summed E-state index contributed by atoms with van der Waals surface area (Å²) in [6.07, 6.45) is -2.40. The molecule has 2 unspecified atom stereocenters. The molecule has 0 aromatic rings. The number of Topliss-reactive ketones (excluding diaryl/α,β-unsaturated/α-hetero) is 1. The molecule has 90 valence electrons. The van der Waals surface area contributed by atoms with E-state index < -0.39 is 18.0 Å². The molecule has 0 fully saturated rings. The summed E-state index contributed by atoms with van der Waals surface area (Å²) in [4.78, 5) is 11.3. The molecule has 0 aliphatic carbocycles. The highest BCUT2D eigenvalue weighted by Gasteiger charge is 2.28. The van der Waals surface area contributed by atoms with Crippen LogP contribution in [0.5, 0.6) is 0 Å². The monoisotopic (exact) mass is 237 g/mol. The van der Waals surface area contributed by atoms with Gasteiger partial charge in [-0.15, -0.1) is 0 Å². The van der Waals surface area contributed by atoms with Gasteiger partial charge >= 0.3 is 0 Å². The summed E-state index contributed by atoms with van der Waals surface area (Å²) < 4.78 is 0.488. The molecule has 2 atom stereocenters. The van der Waals surface area contributed by atoms with E-state index in [-0.39, 0.29) is 18.0 Å². The van der Waals surface area contributed by atoms with Crippen LogP contribution in [0.3, 0.4) is 0 Å². The van der Waals surface area contributed by atoms with Crippen LogP contribution >= 0.6 is 0 Å². The molecule has 0 saturated heterocycles. The van der Waals surface area contributed by atoms with E-state index in [0.29, 0.717) is 11.0 Å². The van der Waals surface area contributed by atoms with E-state index in [1.54, 1.807) is 0 Å². The van der Waals surface area contributed by atoms with E-state index in [1.807, 2.05) is 21.1 Å². The Kier molecular flexibility index (Phi) is 7.05. The van der Waals surface area contributed by atoms with Crippen LogP contribution in [0.4, 0.5) is 0 Å². The lowest BCUT2D eigenvalue weighted by molar-refractivity contribution is -0.873. The summed E-state index contributed by atoms with van der Waals surface area (Å²) in [6, 6.07) is 0. The Labute approximate surface area is 97.2 Å². The quantitative estimate of drug-likeness (QED) is 0.387. The first-order valence-electron chi connectivity index (χ1n) is 4.51. The van der Waals surface area contributed by atoms with Crippen molar-refractivity contribution in [2.75, 3.05) is 27.7 Å². The Morgan fingerprint density at radius 1 is 1.33 bits per heavy atom. The molecule has 0 saturated carbocycles. The van der Waals surface area contributed by atoms with Crippen LogP contribution in [0, 0.1) is 0 Å². The lowest BCUT2D eigenvalue weighted by Gasteiger charge is -2.28. The zero-order valence-corrected chi connectivity index (χ0v) is 10.5. The highest BCUT2D eigenvalue weighted by molar-refractivity contribution is 5.97. The summed E-state index contributed by atoms with van der Waals surface area (Å²) >= 11 is 0. The first kappa shape index (κ1) is 17.0. The molecule has 0 heterocycles. The van der Waals surface area contributed by atoms with Gasteiger partial charge in [-0.3, -0.25) is 4.79 Å². The summed E-state index contributed by atoms with van der Waals surface area (Å²) in [7, 11) is 5.63. The van der Waals surface area contributed by atoms with Crippen LogP contribution in [0.1, 0.15) is 6.92 Å². The van der Waals surface area contributed by atoms with Crippen molar-refractivity contribution in [1.82, 2.24) is 0 Å². The summed E-state index contributed by atoms with van der Waals surface area (Å²) in [6.45, 7) is 5.27. The van der Waals surface area contributed by atoms with Gasteiger partial charge in [0.15, 0.2) is 5.78 Å². The van der Waals surface area contributed by atoms with Crippen LogP contribution < -0.4 is 12.4 Å². The second-order valence-electron chi connectivity index (χ2n) is 4.63. The van der Waals surface area contributed by atoms with Gasteiger partial charge in [0.25, 0.3) is 0 Å². The predicted molar refractivity (Wildman–Crippen MR) is 54.7 cm³/mol. The minimum atomic E-state index is -1.36. The lowest BCUT2D eigenvalue weighted by atomic mass is 10.0. The molecule has 4 nitrogen and oxygen atoms in total. The zero-order valence-electron chi connectivity index (χ0n) is 9.70. The van der Waals surface area contributed by atoms with Crippen LogP contribution in [-0.4, -0.2) is 60.4 Å². The number of carbonyl (C=O) groups is 1. The highest BCUT2D eigenvalue weighted by Crippen LogP contribution is 2.05. The molecule has 0 amide bonds. The Balaban J connectivity index is 0. The van der Waals surface area contributed by atoms with E-state index in [0.717, 1.165) is 0 Å². The van der Waals surface area contributed by atoms with Gasteiger partial charge in [-0.05, 0) is 12.5 Å². The molecule has 0 bridgehead atoms. The lowest BCUT2D eigenvalue weighted by Crippen LogP contribution is -3.00. The molecular formula is C10H20ClNO3. The third kappa shape index (κ3) is 6.62. The van der Waals surface area contributed by atoms with Crippen molar-refractivity contribution < 1.29 is 31.9 Å². The number of hydrogen-bond donors (Lipinski definition) is 2. The Hall–Kier alpha value is -0.420. The van der Waals surface area contributed by atoms with Crippen LogP contribution in [0.2, 0.25) is 0 Å². The van der Waals surface area contributed by atoms with E-state index in [4.69, 9.17) is 0 Å². The molecule has 0 rings (SSSR count). The van der Waals surface area contributed by atoms with Crippen molar-refractivity contribution in [3.8, 4) is 0 Å². The van der Waals surface area contributed by atoms with Crippen molar-refractivity contribution in [1.29, 1.82) is 0 Å². The van der Waals surface area contributed by atoms with Crippen LogP contribution in [-0.2, 0) is 4.79 Å². The highest BCUT2D eigenvalue weighted by atomic mass is 35.5. The number of nitrogens with zero attached hydrogens (tertiary/aromatic N) is 1. The number of quaternary nitrogens is 1. The Morgan fingerprint density at radius 3 is 2.00 bits per heavy atom. The van der Waals surface area contributed by atoms with Crippen LogP contribution in [0.25, 0.3) is 0 Å². The predicted octanol–water partition coefficient (Wildman–Crippen LogP) is -3.44. The molecule has 0 radical (unpaired) electrons. The van der Waals surface area contributed by atoms with Gasteiger partial charge in [0.2, 0.25) is 0 Å². The fourth-order valence-corrected chi connectivity index (χ4v) is 1.09. The SMILES string of the molecule is C=C(C)C(=O)C(O)C(O)C[N+](C)(C)C.[Cl-]. The topological polar surface area (TPSA) is 57.5 Å². The van der Waals surface area contributed by atoms with Crippen molar-refractivity contribution in [2.45, 2.75) is 19.1 Å². The maximum atomic E-state index is 11.3. The third-order valence-electron chi connectivity index (χ3n) is 1.79. The van der Waals surface area contributed by atoms with Crippen molar-refractivity contribution in [2.24, 2.45) is 0 Å². The second-order valence-corrected chi connectivity index (χ2v) is 4.63. The van der Waals surface area contributed by atoms with Gasteiger partial charge in [-0.2, -0.15) is 0 Å². The molecule has 0 aliphatic heterocycles. The van der Waals surface area contributed by atoms with E-state index in [1.165, 1.54) is 6.92 Å². The number of aliphatic hydroxyl groups is 2. The first-order chi connectivity index (χ1) is 6.15. The molecule has 0 aliphatic rings. The fraction of sp³-hybridized carbons (Fsp3) is 0.700. The van der Waals surface area contributed by atoms with Gasteiger partial charge in [-0.25, -0.2) is 0 Å². The number of ketones is 1. The van der Waals surface area contributed by atoms with Crippen molar-refractivity contribution in [3.05, 3.63) is 12.2 Å². The molecule has 0 aromatic heterocycles. The minimum absolute atomic E-state index is 0. The van der Waals surface area contributed by atoms with Gasteiger partial charge in [0.05, 0.1) is 21.1 Å². The molecule has 2 N–H and O–H groups in total. The number of likely N-dealkylation sites (N-methyl/N-ethyl adjacent to an activating group) is 1. The van der Waals surface area contributed by atoms with Gasteiger partial charge in [0.1, 0.15) is 18.8 Å². The Bertz CT molecular complexity index is 235. The summed E-state index contributed by atoms with van der Waals surface area (Å²) in [5.41, 5.74) is 0.262. The summed E-state index contributed by atoms with van der Waals surface area (Å²) in [5, 5.41) is 19.0. The zero-order chi connectivity index (χ0) is 11.5. The first-order valence-corrected chi connectivity index (χ1v) is 4.51. The van der Waals surface area contributed by atoms with Gasteiger partial charge in [0, 0.05) is 0 Å². The largest absolute Gasteiger partial charge is 1.00 e. The van der Waals surface area contributed by atoms with Gasteiger partial charge in [-0.1, -0.05) is 6.58 Å². The molecule has 0 aromatic carbocycles. The van der Waals surface area contributed by atoms with E-state index in [2.05, 4.69) is 6.58 Å². The maximum Gasteiger partial charge on any atom is 0.189 e.